The lowest BCUT2D eigenvalue weighted by Crippen LogP contribution is -2.40. The van der Waals surface area contributed by atoms with Gasteiger partial charge in [0.05, 0.1) is 13.5 Å². The van der Waals surface area contributed by atoms with Gasteiger partial charge in [-0.3, -0.25) is 9.78 Å². The van der Waals surface area contributed by atoms with Crippen LogP contribution in [0.5, 0.6) is 0 Å². The summed E-state index contributed by atoms with van der Waals surface area (Å²) in [4.78, 5) is 26.5. The summed E-state index contributed by atoms with van der Waals surface area (Å²) in [7, 11) is 1.28. The first kappa shape index (κ1) is 12.2. The number of aromatic nitrogens is 1. The summed E-state index contributed by atoms with van der Waals surface area (Å²) in [5.41, 5.74) is 0.664. The highest BCUT2D eigenvalue weighted by Gasteiger charge is 2.15. The summed E-state index contributed by atoms with van der Waals surface area (Å²) in [6.45, 7) is 1.57. The minimum atomic E-state index is -0.638. The van der Waals surface area contributed by atoms with Crippen LogP contribution < -0.4 is 5.32 Å². The lowest BCUT2D eigenvalue weighted by atomic mass is 10.2. The maximum Gasteiger partial charge on any atom is 0.328 e. The average Bonchev–Trinajstić information content (AvgIpc) is 2.29. The fourth-order valence-electron chi connectivity index (χ4n) is 1.20. The van der Waals surface area contributed by atoms with Crippen molar-refractivity contribution in [1.82, 2.24) is 10.3 Å². The fourth-order valence-corrected chi connectivity index (χ4v) is 1.20. The molecule has 1 unspecified atom stereocenters. The number of carbonyl (C=O) groups is 2. The molecule has 0 aliphatic rings. The van der Waals surface area contributed by atoms with Crippen molar-refractivity contribution in [2.45, 2.75) is 19.4 Å². The lowest BCUT2D eigenvalue weighted by Gasteiger charge is -2.10. The van der Waals surface area contributed by atoms with E-state index in [1.807, 2.05) is 0 Å². The molecule has 1 amide bonds. The zero-order valence-corrected chi connectivity index (χ0v) is 9.27. The van der Waals surface area contributed by atoms with Gasteiger partial charge < -0.3 is 10.1 Å². The number of esters is 1. The normalized spacial score (nSPS) is 11.6. The molecule has 1 aromatic rings. The Morgan fingerprint density at radius 1 is 1.50 bits per heavy atom. The van der Waals surface area contributed by atoms with Crippen molar-refractivity contribution < 1.29 is 14.3 Å². The van der Waals surface area contributed by atoms with Gasteiger partial charge in [0.15, 0.2) is 0 Å². The highest BCUT2D eigenvalue weighted by Crippen LogP contribution is 1.95. The van der Waals surface area contributed by atoms with Crippen molar-refractivity contribution in [3.8, 4) is 0 Å². The van der Waals surface area contributed by atoms with Gasteiger partial charge in [-0.15, -0.1) is 0 Å². The van der Waals surface area contributed by atoms with Crippen molar-refractivity contribution in [1.29, 1.82) is 0 Å². The number of nitrogens with zero attached hydrogens (tertiary/aromatic N) is 1. The first-order chi connectivity index (χ1) is 7.63. The first-order valence-corrected chi connectivity index (χ1v) is 4.90. The van der Waals surface area contributed by atoms with E-state index < -0.39 is 12.0 Å². The van der Waals surface area contributed by atoms with E-state index in [2.05, 4.69) is 15.0 Å². The van der Waals surface area contributed by atoms with E-state index in [0.717, 1.165) is 0 Å². The topological polar surface area (TPSA) is 68.3 Å². The van der Waals surface area contributed by atoms with Crippen molar-refractivity contribution in [3.63, 3.8) is 0 Å². The van der Waals surface area contributed by atoms with Gasteiger partial charge in [-0.05, 0) is 19.1 Å². The molecule has 5 nitrogen and oxygen atoms in total. The van der Waals surface area contributed by atoms with Gasteiger partial charge >= 0.3 is 5.97 Å². The Morgan fingerprint density at radius 2 is 2.25 bits per heavy atom. The van der Waals surface area contributed by atoms with Crippen LogP contribution >= 0.6 is 0 Å². The largest absolute Gasteiger partial charge is 0.467 e. The lowest BCUT2D eigenvalue weighted by molar-refractivity contribution is -0.144. The van der Waals surface area contributed by atoms with Crippen LogP contribution in [0.1, 0.15) is 12.6 Å². The van der Waals surface area contributed by atoms with Crippen LogP contribution in [0.25, 0.3) is 0 Å². The van der Waals surface area contributed by atoms with Crippen LogP contribution in [0.3, 0.4) is 0 Å². The summed E-state index contributed by atoms with van der Waals surface area (Å²) in [6.07, 6.45) is 1.77. The molecular weight excluding hydrogens is 208 g/mol. The van der Waals surface area contributed by atoms with E-state index in [1.54, 1.807) is 31.3 Å². The highest BCUT2D eigenvalue weighted by molar-refractivity contribution is 5.85. The molecule has 1 N–H and O–H groups in total. The molecule has 16 heavy (non-hydrogen) atoms. The molecule has 0 saturated heterocycles. The Labute approximate surface area is 93.8 Å². The van der Waals surface area contributed by atoms with Crippen LogP contribution in [0.4, 0.5) is 0 Å². The van der Waals surface area contributed by atoms with Crippen LogP contribution in [0.15, 0.2) is 24.4 Å². The van der Waals surface area contributed by atoms with E-state index >= 15 is 0 Å². The summed E-state index contributed by atoms with van der Waals surface area (Å²) < 4.78 is 4.49. The van der Waals surface area contributed by atoms with Gasteiger partial charge in [0.2, 0.25) is 5.91 Å². The molecule has 0 saturated carbocycles. The molecule has 86 valence electrons. The third kappa shape index (κ3) is 3.68. The molecule has 0 aliphatic carbocycles. The summed E-state index contributed by atoms with van der Waals surface area (Å²) in [5.74, 6) is -0.717. The molecule has 0 spiro atoms. The second-order valence-electron chi connectivity index (χ2n) is 3.31. The summed E-state index contributed by atoms with van der Waals surface area (Å²) >= 11 is 0. The molecule has 0 aliphatic heterocycles. The van der Waals surface area contributed by atoms with Gasteiger partial charge in [0.1, 0.15) is 6.04 Å². The number of rotatable bonds is 4. The molecule has 0 bridgehead atoms. The number of hydrogen-bond donors (Lipinski definition) is 1. The van der Waals surface area contributed by atoms with Crippen LogP contribution in [-0.4, -0.2) is 30.0 Å². The maximum atomic E-state index is 11.5. The molecule has 0 radical (unpaired) electrons. The quantitative estimate of drug-likeness (QED) is 0.744. The third-order valence-corrected chi connectivity index (χ3v) is 2.00. The number of amides is 1. The summed E-state index contributed by atoms with van der Waals surface area (Å²) in [6, 6.07) is 4.70. The van der Waals surface area contributed by atoms with E-state index in [9.17, 15) is 9.59 Å². The minimum absolute atomic E-state index is 0.155. The third-order valence-electron chi connectivity index (χ3n) is 2.00. The zero-order chi connectivity index (χ0) is 12.0. The van der Waals surface area contributed by atoms with Crippen LogP contribution in [-0.2, 0) is 20.7 Å². The Balaban J connectivity index is 2.45. The predicted octanol–water partition coefficient (Wildman–Crippen LogP) is 0.302. The van der Waals surface area contributed by atoms with Crippen molar-refractivity contribution >= 4 is 11.9 Å². The number of nitrogens with one attached hydrogen (secondary N) is 1. The summed E-state index contributed by atoms with van der Waals surface area (Å²) in [5, 5.41) is 2.53. The van der Waals surface area contributed by atoms with Gasteiger partial charge in [-0.25, -0.2) is 4.79 Å². The maximum absolute atomic E-state index is 11.5. The van der Waals surface area contributed by atoms with E-state index in [4.69, 9.17) is 0 Å². The van der Waals surface area contributed by atoms with Crippen LogP contribution in [0.2, 0.25) is 0 Å². The van der Waals surface area contributed by atoms with E-state index in [-0.39, 0.29) is 12.3 Å². The molecular formula is C11H14N2O3. The molecule has 1 heterocycles. The highest BCUT2D eigenvalue weighted by atomic mass is 16.5. The van der Waals surface area contributed by atoms with Gasteiger partial charge in [-0.1, -0.05) is 6.07 Å². The van der Waals surface area contributed by atoms with Crippen molar-refractivity contribution in [3.05, 3.63) is 30.1 Å². The Hall–Kier alpha value is -1.91. The molecule has 1 rings (SSSR count). The van der Waals surface area contributed by atoms with Crippen LogP contribution in [0, 0.1) is 0 Å². The number of pyridine rings is 1. The second-order valence-corrected chi connectivity index (χ2v) is 3.31. The Bertz CT molecular complexity index is 365. The molecule has 5 heteroatoms. The van der Waals surface area contributed by atoms with Gasteiger partial charge in [0, 0.05) is 11.9 Å². The first-order valence-electron chi connectivity index (χ1n) is 4.90. The van der Waals surface area contributed by atoms with Crippen molar-refractivity contribution in [2.24, 2.45) is 0 Å². The minimum Gasteiger partial charge on any atom is -0.467 e. The molecule has 1 atom stereocenters. The van der Waals surface area contributed by atoms with E-state index in [1.165, 1.54) is 7.11 Å². The second kappa shape index (κ2) is 5.85. The van der Waals surface area contributed by atoms with Crippen molar-refractivity contribution in [2.75, 3.05) is 7.11 Å². The molecule has 0 fully saturated rings. The smallest absolute Gasteiger partial charge is 0.328 e. The van der Waals surface area contributed by atoms with Gasteiger partial charge in [-0.2, -0.15) is 0 Å². The van der Waals surface area contributed by atoms with E-state index in [0.29, 0.717) is 5.69 Å². The van der Waals surface area contributed by atoms with Gasteiger partial charge in [0.25, 0.3) is 0 Å². The zero-order valence-electron chi connectivity index (χ0n) is 9.27. The monoisotopic (exact) mass is 222 g/mol. The predicted molar refractivity (Wildman–Crippen MR) is 57.6 cm³/mol. The SMILES string of the molecule is COC(=O)C(C)NC(=O)Cc1ccccn1. The average molecular weight is 222 g/mol. The fraction of sp³-hybridized carbons (Fsp3) is 0.364. The molecule has 1 aromatic heterocycles. The molecule has 0 aromatic carbocycles. The number of ether oxygens (including phenoxy) is 1. The number of carbonyl (C=O) groups excluding carboxylic acids is 2. The number of hydrogen-bond acceptors (Lipinski definition) is 4. The Kier molecular flexibility index (Phi) is 4.44. The Morgan fingerprint density at radius 3 is 2.81 bits per heavy atom. The standard InChI is InChI=1S/C11H14N2O3/c1-8(11(15)16-2)13-10(14)7-9-5-3-4-6-12-9/h3-6,8H,7H2,1-2H3,(H,13,14). The number of methoxy groups -OCH3 is 1.